The normalized spacial score (nSPS) is 14.7. The molecular weight excluding hydrogens is 216 g/mol. The summed E-state index contributed by atoms with van der Waals surface area (Å²) in [5.41, 5.74) is 0. The van der Waals surface area contributed by atoms with Crippen molar-refractivity contribution >= 4 is 0 Å². The third kappa shape index (κ3) is 9.97. The van der Waals surface area contributed by atoms with Crippen molar-refractivity contribution < 1.29 is 0 Å². The zero-order valence-electron chi connectivity index (χ0n) is 13.6. The van der Waals surface area contributed by atoms with Crippen molar-refractivity contribution in [2.24, 2.45) is 11.8 Å². The number of unbranched alkanes of at least 4 members (excludes halogenated alkanes) is 6. The van der Waals surface area contributed by atoms with Crippen LogP contribution in [-0.4, -0.2) is 0 Å². The molecule has 0 aromatic carbocycles. The van der Waals surface area contributed by atoms with E-state index in [9.17, 15) is 0 Å². The zero-order valence-corrected chi connectivity index (χ0v) is 13.6. The molecule has 0 aliphatic rings. The van der Waals surface area contributed by atoms with E-state index >= 15 is 0 Å². The van der Waals surface area contributed by atoms with Crippen molar-refractivity contribution in [2.45, 2.75) is 105 Å². The average molecular weight is 255 g/mol. The van der Waals surface area contributed by atoms with Crippen LogP contribution in [0.2, 0.25) is 0 Å². The monoisotopic (exact) mass is 254 g/mol. The molecular formula is C18H38. The van der Waals surface area contributed by atoms with Gasteiger partial charge < -0.3 is 0 Å². The van der Waals surface area contributed by atoms with Crippen LogP contribution in [0.25, 0.3) is 0 Å². The molecule has 0 aromatic rings. The summed E-state index contributed by atoms with van der Waals surface area (Å²) in [6, 6.07) is 0. The van der Waals surface area contributed by atoms with Crippen LogP contribution < -0.4 is 0 Å². The molecule has 0 radical (unpaired) electrons. The Bertz CT molecular complexity index is 150. The third-order valence-corrected chi connectivity index (χ3v) is 4.41. The van der Waals surface area contributed by atoms with Crippen LogP contribution in [0.5, 0.6) is 0 Å². The second-order valence-electron chi connectivity index (χ2n) is 6.22. The average Bonchev–Trinajstić information content (AvgIpc) is 2.37. The highest BCUT2D eigenvalue weighted by molar-refractivity contribution is 4.67. The topological polar surface area (TPSA) is 0 Å². The Morgan fingerprint density at radius 1 is 0.556 bits per heavy atom. The Kier molecular flexibility index (Phi) is 13.4. The summed E-state index contributed by atoms with van der Waals surface area (Å²) in [7, 11) is 0. The van der Waals surface area contributed by atoms with Crippen molar-refractivity contribution in [3.05, 3.63) is 0 Å². The highest BCUT2D eigenvalue weighted by Gasteiger charge is 2.15. The van der Waals surface area contributed by atoms with E-state index in [-0.39, 0.29) is 0 Å². The first-order valence-corrected chi connectivity index (χ1v) is 8.76. The molecule has 0 bridgehead atoms. The van der Waals surface area contributed by atoms with Crippen LogP contribution in [0, 0.1) is 11.8 Å². The summed E-state index contributed by atoms with van der Waals surface area (Å²) in [4.78, 5) is 0. The molecule has 0 rings (SSSR count). The quantitative estimate of drug-likeness (QED) is 0.311. The molecule has 0 spiro atoms. The van der Waals surface area contributed by atoms with Gasteiger partial charge in [-0.1, -0.05) is 105 Å². The van der Waals surface area contributed by atoms with E-state index in [0.717, 1.165) is 11.8 Å². The Hall–Kier alpha value is 0. The van der Waals surface area contributed by atoms with Gasteiger partial charge in [-0.3, -0.25) is 0 Å². The highest BCUT2D eigenvalue weighted by atomic mass is 14.2. The Morgan fingerprint density at radius 2 is 1.06 bits per heavy atom. The Morgan fingerprint density at radius 3 is 1.61 bits per heavy atom. The minimum atomic E-state index is 0.957. The summed E-state index contributed by atoms with van der Waals surface area (Å²) in [6.07, 6.45) is 17.3. The van der Waals surface area contributed by atoms with E-state index in [2.05, 4.69) is 27.7 Å². The third-order valence-electron chi connectivity index (χ3n) is 4.41. The van der Waals surface area contributed by atoms with Gasteiger partial charge in [0.15, 0.2) is 0 Å². The minimum absolute atomic E-state index is 0.957. The lowest BCUT2D eigenvalue weighted by Gasteiger charge is -2.24. The van der Waals surface area contributed by atoms with Crippen LogP contribution in [0.15, 0.2) is 0 Å². The molecule has 0 fully saturated rings. The Balaban J connectivity index is 3.80. The predicted molar refractivity (Wildman–Crippen MR) is 85.1 cm³/mol. The minimum Gasteiger partial charge on any atom is -0.0654 e. The van der Waals surface area contributed by atoms with E-state index in [0.29, 0.717) is 0 Å². The summed E-state index contributed by atoms with van der Waals surface area (Å²) >= 11 is 0. The molecule has 2 unspecified atom stereocenters. The first-order chi connectivity index (χ1) is 8.76. The van der Waals surface area contributed by atoms with E-state index in [4.69, 9.17) is 0 Å². The molecule has 2 atom stereocenters. The number of hydrogen-bond acceptors (Lipinski definition) is 0. The fraction of sp³-hybridized carbons (Fsp3) is 1.00. The van der Waals surface area contributed by atoms with E-state index < -0.39 is 0 Å². The standard InChI is InChI=1S/C18H38/c1-5-8-10-11-13-16-18(15-12-9-6-2)17(4)14-7-3/h17-18H,5-16H2,1-4H3. The van der Waals surface area contributed by atoms with Gasteiger partial charge in [-0.25, -0.2) is 0 Å². The predicted octanol–water partition coefficient (Wildman–Crippen LogP) is 6.98. The van der Waals surface area contributed by atoms with Gasteiger partial charge in [0.25, 0.3) is 0 Å². The molecule has 0 aliphatic heterocycles. The molecule has 110 valence electrons. The lowest BCUT2D eigenvalue weighted by atomic mass is 9.82. The molecule has 18 heavy (non-hydrogen) atoms. The van der Waals surface area contributed by atoms with Gasteiger partial charge in [-0.05, 0) is 11.8 Å². The van der Waals surface area contributed by atoms with E-state index in [1.165, 1.54) is 77.0 Å². The zero-order chi connectivity index (χ0) is 13.6. The van der Waals surface area contributed by atoms with Crippen LogP contribution >= 0.6 is 0 Å². The molecule has 0 heteroatoms. The summed E-state index contributed by atoms with van der Waals surface area (Å²) in [5.74, 6) is 1.97. The van der Waals surface area contributed by atoms with Gasteiger partial charge in [-0.2, -0.15) is 0 Å². The van der Waals surface area contributed by atoms with Gasteiger partial charge in [0.1, 0.15) is 0 Å². The Labute approximate surface area is 117 Å². The van der Waals surface area contributed by atoms with Gasteiger partial charge in [0.2, 0.25) is 0 Å². The van der Waals surface area contributed by atoms with E-state index in [1.54, 1.807) is 0 Å². The van der Waals surface area contributed by atoms with Crippen molar-refractivity contribution in [3.63, 3.8) is 0 Å². The van der Waals surface area contributed by atoms with Gasteiger partial charge in [0, 0.05) is 0 Å². The molecule has 0 amide bonds. The summed E-state index contributed by atoms with van der Waals surface area (Å²) in [5, 5.41) is 0. The maximum absolute atomic E-state index is 2.49. The van der Waals surface area contributed by atoms with Crippen LogP contribution in [-0.2, 0) is 0 Å². The second kappa shape index (κ2) is 13.4. The second-order valence-corrected chi connectivity index (χ2v) is 6.22. The number of hydrogen-bond donors (Lipinski definition) is 0. The summed E-state index contributed by atoms with van der Waals surface area (Å²) < 4.78 is 0. The van der Waals surface area contributed by atoms with Crippen molar-refractivity contribution in [3.8, 4) is 0 Å². The lowest BCUT2D eigenvalue weighted by Crippen LogP contribution is -2.12. The molecule has 0 aromatic heterocycles. The number of rotatable bonds is 13. The van der Waals surface area contributed by atoms with Gasteiger partial charge in [-0.15, -0.1) is 0 Å². The fourth-order valence-electron chi connectivity index (χ4n) is 3.07. The maximum atomic E-state index is 2.49. The highest BCUT2D eigenvalue weighted by Crippen LogP contribution is 2.28. The lowest BCUT2D eigenvalue weighted by molar-refractivity contribution is 0.280. The molecule has 0 saturated carbocycles. The molecule has 0 N–H and O–H groups in total. The molecule has 0 nitrogen and oxygen atoms in total. The summed E-state index contributed by atoms with van der Waals surface area (Å²) in [6.45, 7) is 9.44. The molecule has 0 aliphatic carbocycles. The van der Waals surface area contributed by atoms with Crippen LogP contribution in [0.1, 0.15) is 105 Å². The smallest absolute Gasteiger partial charge is 0.0388 e. The van der Waals surface area contributed by atoms with Crippen molar-refractivity contribution in [1.29, 1.82) is 0 Å². The SMILES string of the molecule is CCCCCCCC(CCCCC)C(C)CCC. The van der Waals surface area contributed by atoms with Crippen LogP contribution in [0.3, 0.4) is 0 Å². The fourth-order valence-corrected chi connectivity index (χ4v) is 3.07. The maximum Gasteiger partial charge on any atom is -0.0388 e. The largest absolute Gasteiger partial charge is 0.0654 e. The van der Waals surface area contributed by atoms with Gasteiger partial charge >= 0.3 is 0 Å². The molecule has 0 saturated heterocycles. The van der Waals surface area contributed by atoms with Crippen molar-refractivity contribution in [2.75, 3.05) is 0 Å². The van der Waals surface area contributed by atoms with Crippen molar-refractivity contribution in [1.82, 2.24) is 0 Å². The first-order valence-electron chi connectivity index (χ1n) is 8.76. The van der Waals surface area contributed by atoms with Gasteiger partial charge in [0.05, 0.1) is 0 Å². The van der Waals surface area contributed by atoms with E-state index in [1.807, 2.05) is 0 Å². The first kappa shape index (κ1) is 18.0. The molecule has 0 heterocycles. The van der Waals surface area contributed by atoms with Crippen LogP contribution in [0.4, 0.5) is 0 Å².